The largest absolute Gasteiger partial charge is 0.366 e. The van der Waals surface area contributed by atoms with Gasteiger partial charge >= 0.3 is 0 Å². The van der Waals surface area contributed by atoms with E-state index >= 15 is 0 Å². The highest BCUT2D eigenvalue weighted by molar-refractivity contribution is 7.08. The average molecular weight is 433 g/mol. The number of benzene rings is 1. The van der Waals surface area contributed by atoms with Crippen molar-refractivity contribution in [3.8, 4) is 11.3 Å². The second-order valence-electron chi connectivity index (χ2n) is 8.44. The van der Waals surface area contributed by atoms with Gasteiger partial charge in [-0.15, -0.1) is 5.10 Å². The fraction of sp³-hybridized carbons (Fsp3) is 0.333. The van der Waals surface area contributed by atoms with Crippen molar-refractivity contribution < 1.29 is 0 Å². The van der Waals surface area contributed by atoms with Crippen molar-refractivity contribution in [2.75, 3.05) is 24.7 Å². The van der Waals surface area contributed by atoms with Crippen LogP contribution in [0, 0.1) is 0 Å². The molecule has 0 aliphatic heterocycles. The van der Waals surface area contributed by atoms with Gasteiger partial charge in [-0.3, -0.25) is 0 Å². The molecular weight excluding hydrogens is 404 g/mol. The Morgan fingerprint density at radius 2 is 1.87 bits per heavy atom. The molecule has 0 saturated heterocycles. The van der Waals surface area contributed by atoms with Gasteiger partial charge in [0.1, 0.15) is 5.82 Å². The van der Waals surface area contributed by atoms with Crippen molar-refractivity contribution in [2.45, 2.75) is 37.8 Å². The molecule has 1 aliphatic carbocycles. The lowest BCUT2D eigenvalue weighted by molar-refractivity contribution is 0.221. The maximum absolute atomic E-state index is 4.94. The summed E-state index contributed by atoms with van der Waals surface area (Å²) in [4.78, 5) is 7.05. The lowest BCUT2D eigenvalue weighted by atomic mass is 9.90. The quantitative estimate of drug-likeness (QED) is 0.422. The zero-order valence-electron chi connectivity index (χ0n) is 18.0. The third-order valence-electron chi connectivity index (χ3n) is 6.12. The van der Waals surface area contributed by atoms with E-state index in [9.17, 15) is 0 Å². The van der Waals surface area contributed by atoms with E-state index in [1.807, 2.05) is 28.9 Å². The third kappa shape index (κ3) is 4.29. The Bertz CT molecular complexity index is 1130. The lowest BCUT2D eigenvalue weighted by Gasteiger charge is -2.33. The summed E-state index contributed by atoms with van der Waals surface area (Å²) < 4.78 is 1.96. The topological polar surface area (TPSA) is 57.5 Å². The molecule has 31 heavy (non-hydrogen) atoms. The maximum Gasteiger partial charge on any atom is 0.178 e. The van der Waals surface area contributed by atoms with Gasteiger partial charge in [-0.2, -0.15) is 11.3 Å². The van der Waals surface area contributed by atoms with Crippen LogP contribution in [0.25, 0.3) is 16.9 Å². The molecule has 0 amide bonds. The van der Waals surface area contributed by atoms with Crippen molar-refractivity contribution in [3.63, 3.8) is 0 Å². The molecule has 160 valence electrons. The minimum absolute atomic E-state index is 0.443. The highest BCUT2D eigenvalue weighted by atomic mass is 32.1. The van der Waals surface area contributed by atoms with Crippen LogP contribution in [0.5, 0.6) is 0 Å². The van der Waals surface area contributed by atoms with Crippen LogP contribution in [0.3, 0.4) is 0 Å². The maximum atomic E-state index is 4.94. The van der Waals surface area contributed by atoms with Crippen LogP contribution in [0.15, 0.2) is 59.4 Å². The molecule has 5 rings (SSSR count). The highest BCUT2D eigenvalue weighted by Crippen LogP contribution is 2.30. The molecule has 4 aromatic rings. The minimum atomic E-state index is 0.443. The van der Waals surface area contributed by atoms with Crippen LogP contribution >= 0.6 is 11.3 Å². The standard InChI is InChI=1S/C24H28N6S/c1-29(2)20-10-8-19(9-11-20)27-23-14-21(26-18-6-4-3-5-7-18)24-25-15-22(30(24)28-23)17-12-13-31-16-17/h3-7,12-16,19-20,26H,8-11H2,1-2H3,(H,27,28)/t19-,20-. The Balaban J connectivity index is 1.48. The first kappa shape index (κ1) is 20.0. The number of imidazole rings is 1. The van der Waals surface area contributed by atoms with Crippen molar-refractivity contribution in [3.05, 3.63) is 59.4 Å². The highest BCUT2D eigenvalue weighted by Gasteiger charge is 2.23. The van der Waals surface area contributed by atoms with Gasteiger partial charge in [-0.25, -0.2) is 9.50 Å². The van der Waals surface area contributed by atoms with Gasteiger partial charge in [-0.05, 0) is 63.4 Å². The molecule has 1 saturated carbocycles. The second-order valence-corrected chi connectivity index (χ2v) is 9.22. The van der Waals surface area contributed by atoms with E-state index in [-0.39, 0.29) is 0 Å². The van der Waals surface area contributed by atoms with Crippen molar-refractivity contribution >= 4 is 34.2 Å². The Hall–Kier alpha value is -2.90. The zero-order valence-corrected chi connectivity index (χ0v) is 18.8. The summed E-state index contributed by atoms with van der Waals surface area (Å²) in [5.41, 5.74) is 4.96. The number of hydrogen-bond acceptors (Lipinski definition) is 6. The van der Waals surface area contributed by atoms with Crippen molar-refractivity contribution in [1.29, 1.82) is 0 Å². The smallest absolute Gasteiger partial charge is 0.178 e. The van der Waals surface area contributed by atoms with Gasteiger partial charge in [0, 0.05) is 34.8 Å². The molecular formula is C24H28N6S. The number of anilines is 3. The Morgan fingerprint density at radius 1 is 1.06 bits per heavy atom. The average Bonchev–Trinajstić information content (AvgIpc) is 3.45. The summed E-state index contributed by atoms with van der Waals surface area (Å²) in [5, 5.41) is 16.4. The number of nitrogens with zero attached hydrogens (tertiary/aromatic N) is 4. The first-order valence-electron chi connectivity index (χ1n) is 10.8. The molecule has 1 aromatic carbocycles. The SMILES string of the molecule is CN(C)[C@H]1CC[C@H](Nc2cc(Nc3ccccc3)c3ncc(-c4ccsc4)n3n2)CC1. The normalized spacial score (nSPS) is 19.1. The van der Waals surface area contributed by atoms with Gasteiger partial charge in [0.2, 0.25) is 0 Å². The van der Waals surface area contributed by atoms with Crippen LogP contribution < -0.4 is 10.6 Å². The molecule has 2 N–H and O–H groups in total. The molecule has 3 heterocycles. The monoisotopic (exact) mass is 432 g/mol. The van der Waals surface area contributed by atoms with Crippen molar-refractivity contribution in [2.24, 2.45) is 0 Å². The van der Waals surface area contributed by atoms with Gasteiger partial charge in [0.05, 0.1) is 17.6 Å². The van der Waals surface area contributed by atoms with Gasteiger partial charge in [0.15, 0.2) is 5.65 Å². The van der Waals surface area contributed by atoms with E-state index in [1.165, 1.54) is 12.8 Å². The fourth-order valence-corrected chi connectivity index (χ4v) is 5.01. The van der Waals surface area contributed by atoms with Crippen LogP contribution in [0.2, 0.25) is 0 Å². The summed E-state index contributed by atoms with van der Waals surface area (Å²) in [7, 11) is 4.36. The number of fused-ring (bicyclic) bond motifs is 1. The van der Waals surface area contributed by atoms with E-state index in [0.29, 0.717) is 12.1 Å². The summed E-state index contributed by atoms with van der Waals surface area (Å²) in [6.07, 6.45) is 6.66. The van der Waals surface area contributed by atoms with E-state index in [1.54, 1.807) is 11.3 Å². The number of aromatic nitrogens is 3. The Morgan fingerprint density at radius 3 is 2.58 bits per heavy atom. The predicted octanol–water partition coefficient (Wildman–Crippen LogP) is 5.49. The first-order chi connectivity index (χ1) is 15.2. The van der Waals surface area contributed by atoms with E-state index in [4.69, 9.17) is 10.1 Å². The van der Waals surface area contributed by atoms with E-state index in [2.05, 4.69) is 64.7 Å². The first-order valence-corrected chi connectivity index (χ1v) is 11.8. The Labute approximate surface area is 186 Å². The lowest BCUT2D eigenvalue weighted by Crippen LogP contribution is -2.36. The number of para-hydroxylation sites is 1. The second kappa shape index (κ2) is 8.69. The third-order valence-corrected chi connectivity index (χ3v) is 6.80. The fourth-order valence-electron chi connectivity index (χ4n) is 4.36. The number of nitrogens with one attached hydrogen (secondary N) is 2. The molecule has 0 bridgehead atoms. The molecule has 6 nitrogen and oxygen atoms in total. The van der Waals surface area contributed by atoms with Gasteiger partial charge < -0.3 is 15.5 Å². The van der Waals surface area contributed by atoms with Crippen LogP contribution in [-0.2, 0) is 0 Å². The van der Waals surface area contributed by atoms with Crippen LogP contribution in [0.1, 0.15) is 25.7 Å². The molecule has 1 fully saturated rings. The molecule has 3 aromatic heterocycles. The molecule has 7 heteroatoms. The number of rotatable bonds is 6. The summed E-state index contributed by atoms with van der Waals surface area (Å²) in [6, 6.07) is 15.5. The molecule has 0 unspecified atom stereocenters. The molecule has 1 aliphatic rings. The van der Waals surface area contributed by atoms with E-state index < -0.39 is 0 Å². The predicted molar refractivity (Wildman–Crippen MR) is 129 cm³/mol. The molecule has 0 atom stereocenters. The minimum Gasteiger partial charge on any atom is -0.366 e. The van der Waals surface area contributed by atoms with Crippen LogP contribution in [-0.4, -0.2) is 45.7 Å². The number of hydrogen-bond donors (Lipinski definition) is 2. The van der Waals surface area contributed by atoms with Gasteiger partial charge in [0.25, 0.3) is 0 Å². The van der Waals surface area contributed by atoms with Crippen LogP contribution in [0.4, 0.5) is 17.2 Å². The zero-order chi connectivity index (χ0) is 21.2. The Kier molecular flexibility index (Phi) is 5.61. The summed E-state index contributed by atoms with van der Waals surface area (Å²) >= 11 is 1.68. The molecule has 0 spiro atoms. The number of thiophene rings is 1. The molecule has 0 radical (unpaired) electrons. The van der Waals surface area contributed by atoms with Gasteiger partial charge in [-0.1, -0.05) is 18.2 Å². The van der Waals surface area contributed by atoms with Crippen molar-refractivity contribution in [1.82, 2.24) is 19.5 Å². The summed E-state index contributed by atoms with van der Waals surface area (Å²) in [5.74, 6) is 0.883. The summed E-state index contributed by atoms with van der Waals surface area (Å²) in [6.45, 7) is 0. The van der Waals surface area contributed by atoms with E-state index in [0.717, 1.165) is 46.9 Å².